The molecule has 1 aliphatic heterocycles. The van der Waals surface area contributed by atoms with Crippen molar-refractivity contribution >= 4 is 17.3 Å². The molecule has 1 aliphatic rings. The van der Waals surface area contributed by atoms with Gasteiger partial charge in [0.05, 0.1) is 11.5 Å². The molecule has 1 amide bonds. The number of rotatable bonds is 8. The van der Waals surface area contributed by atoms with Crippen LogP contribution in [0.1, 0.15) is 12.5 Å². The first kappa shape index (κ1) is 19.6. The van der Waals surface area contributed by atoms with Gasteiger partial charge in [-0.15, -0.1) is 0 Å². The normalized spacial score (nSPS) is 12.6. The van der Waals surface area contributed by atoms with Gasteiger partial charge in [-0.1, -0.05) is 19.1 Å². The van der Waals surface area contributed by atoms with E-state index in [0.717, 1.165) is 12.1 Å². The lowest BCUT2D eigenvalue weighted by molar-refractivity contribution is -0.384. The largest absolute Gasteiger partial charge is 0.486 e. The maximum atomic E-state index is 12.4. The zero-order chi connectivity index (χ0) is 19.9. The molecule has 0 spiro atoms. The van der Waals surface area contributed by atoms with Gasteiger partial charge in [-0.2, -0.15) is 0 Å². The summed E-state index contributed by atoms with van der Waals surface area (Å²) in [5.41, 5.74) is 1.74. The van der Waals surface area contributed by atoms with E-state index in [0.29, 0.717) is 43.4 Å². The number of hydrogen-bond donors (Lipinski definition) is 1. The fraction of sp³-hybridized carbons (Fsp3) is 0.350. The molecule has 1 heterocycles. The molecular weight excluding hydrogens is 362 g/mol. The van der Waals surface area contributed by atoms with Crippen molar-refractivity contribution in [1.82, 2.24) is 4.90 Å². The highest BCUT2D eigenvalue weighted by atomic mass is 16.6. The van der Waals surface area contributed by atoms with Gasteiger partial charge < -0.3 is 14.8 Å². The van der Waals surface area contributed by atoms with Crippen LogP contribution in [0.15, 0.2) is 42.5 Å². The minimum Gasteiger partial charge on any atom is -0.486 e. The lowest BCUT2D eigenvalue weighted by atomic mass is 10.1. The van der Waals surface area contributed by atoms with Crippen molar-refractivity contribution in [3.05, 3.63) is 58.1 Å². The molecule has 2 aromatic carbocycles. The molecule has 0 bridgehead atoms. The van der Waals surface area contributed by atoms with Gasteiger partial charge in [-0.25, -0.2) is 0 Å². The van der Waals surface area contributed by atoms with Crippen molar-refractivity contribution in [3.63, 3.8) is 0 Å². The van der Waals surface area contributed by atoms with Crippen molar-refractivity contribution in [2.45, 2.75) is 13.3 Å². The first-order valence-electron chi connectivity index (χ1n) is 9.20. The molecular formula is C20H23N3O5. The number of anilines is 1. The molecule has 0 saturated carbocycles. The molecule has 8 nitrogen and oxygen atoms in total. The van der Waals surface area contributed by atoms with E-state index in [9.17, 15) is 14.9 Å². The van der Waals surface area contributed by atoms with Crippen LogP contribution in [0, 0.1) is 10.1 Å². The molecule has 3 rings (SSSR count). The highest BCUT2D eigenvalue weighted by molar-refractivity contribution is 5.92. The van der Waals surface area contributed by atoms with E-state index < -0.39 is 4.92 Å². The van der Waals surface area contributed by atoms with Crippen molar-refractivity contribution < 1.29 is 19.2 Å². The molecule has 0 saturated heterocycles. The molecule has 148 valence electrons. The number of nitro groups is 1. The van der Waals surface area contributed by atoms with Crippen molar-refractivity contribution in [2.24, 2.45) is 0 Å². The zero-order valence-electron chi connectivity index (χ0n) is 15.7. The number of benzene rings is 2. The molecule has 28 heavy (non-hydrogen) atoms. The van der Waals surface area contributed by atoms with E-state index in [1.165, 1.54) is 12.1 Å². The Bertz CT molecular complexity index is 838. The maximum Gasteiger partial charge on any atom is 0.269 e. The molecule has 2 aromatic rings. The third kappa shape index (κ3) is 5.20. The van der Waals surface area contributed by atoms with Gasteiger partial charge in [0.1, 0.15) is 13.2 Å². The summed E-state index contributed by atoms with van der Waals surface area (Å²) in [6.07, 6.45) is 0.711. The van der Waals surface area contributed by atoms with E-state index in [-0.39, 0.29) is 18.1 Å². The minimum absolute atomic E-state index is 0.0786. The average Bonchev–Trinajstić information content (AvgIpc) is 2.71. The number of nitrogens with zero attached hydrogens (tertiary/aromatic N) is 2. The van der Waals surface area contributed by atoms with E-state index in [4.69, 9.17) is 9.47 Å². The fourth-order valence-corrected chi connectivity index (χ4v) is 2.95. The first-order chi connectivity index (χ1) is 13.5. The van der Waals surface area contributed by atoms with Crippen LogP contribution in [0.5, 0.6) is 11.5 Å². The minimum atomic E-state index is -0.412. The maximum absolute atomic E-state index is 12.4. The highest BCUT2D eigenvalue weighted by Crippen LogP contribution is 2.32. The summed E-state index contributed by atoms with van der Waals surface area (Å²) in [5, 5.41) is 13.6. The summed E-state index contributed by atoms with van der Waals surface area (Å²) in [6.45, 7) is 4.69. The van der Waals surface area contributed by atoms with E-state index in [1.807, 2.05) is 11.8 Å². The summed E-state index contributed by atoms with van der Waals surface area (Å²) in [5.74, 6) is 1.21. The monoisotopic (exact) mass is 385 g/mol. The predicted octanol–water partition coefficient (Wildman–Crippen LogP) is 2.87. The number of ether oxygens (including phenoxy) is 2. The molecule has 0 aromatic heterocycles. The number of likely N-dealkylation sites (N-methyl/N-ethyl adjacent to an activating group) is 1. The Labute approximate surface area is 163 Å². The number of nitrogens with one attached hydrogen (secondary N) is 1. The van der Waals surface area contributed by atoms with E-state index in [1.54, 1.807) is 30.3 Å². The molecule has 0 atom stereocenters. The SMILES string of the molecule is CCN(CCc1ccc([N+](=O)[O-])cc1)CC(=O)Nc1ccc2c(c1)OCCO2. The molecule has 8 heteroatoms. The fourth-order valence-electron chi connectivity index (χ4n) is 2.95. The molecule has 1 N–H and O–H groups in total. The standard InChI is InChI=1S/C20H23N3O5/c1-2-22(10-9-15-3-6-17(7-4-15)23(25)26)14-20(24)21-16-5-8-18-19(13-16)28-12-11-27-18/h3-8,13H,2,9-12,14H2,1H3,(H,21,24). The Kier molecular flexibility index (Phi) is 6.44. The second kappa shape index (κ2) is 9.18. The Morgan fingerprint density at radius 2 is 1.86 bits per heavy atom. The number of hydrogen-bond acceptors (Lipinski definition) is 6. The topological polar surface area (TPSA) is 93.9 Å². The first-order valence-corrected chi connectivity index (χ1v) is 9.20. The van der Waals surface area contributed by atoms with Gasteiger partial charge in [-0.3, -0.25) is 19.8 Å². The van der Waals surface area contributed by atoms with Crippen LogP contribution in [-0.4, -0.2) is 48.6 Å². The quantitative estimate of drug-likeness (QED) is 0.555. The average molecular weight is 385 g/mol. The van der Waals surface area contributed by atoms with Gasteiger partial charge in [0.25, 0.3) is 5.69 Å². The Balaban J connectivity index is 1.51. The van der Waals surface area contributed by atoms with Crippen LogP contribution < -0.4 is 14.8 Å². The number of carbonyl (C=O) groups excluding carboxylic acids is 1. The lowest BCUT2D eigenvalue weighted by Gasteiger charge is -2.21. The molecule has 0 aliphatic carbocycles. The van der Waals surface area contributed by atoms with E-state index >= 15 is 0 Å². The summed E-state index contributed by atoms with van der Waals surface area (Å²) in [6, 6.07) is 11.8. The van der Waals surface area contributed by atoms with Crippen LogP contribution in [0.25, 0.3) is 0 Å². The number of carbonyl (C=O) groups is 1. The predicted molar refractivity (Wildman–Crippen MR) is 105 cm³/mol. The smallest absolute Gasteiger partial charge is 0.269 e. The zero-order valence-corrected chi connectivity index (χ0v) is 15.7. The van der Waals surface area contributed by atoms with Crippen LogP contribution in [-0.2, 0) is 11.2 Å². The highest BCUT2D eigenvalue weighted by Gasteiger charge is 2.14. The second-order valence-corrected chi connectivity index (χ2v) is 6.45. The van der Waals surface area contributed by atoms with E-state index in [2.05, 4.69) is 5.32 Å². The number of nitro benzene ring substituents is 1. The Morgan fingerprint density at radius 1 is 1.14 bits per heavy atom. The third-order valence-corrected chi connectivity index (χ3v) is 4.50. The van der Waals surface area contributed by atoms with Crippen molar-refractivity contribution in [2.75, 3.05) is 38.2 Å². The number of fused-ring (bicyclic) bond motifs is 1. The third-order valence-electron chi connectivity index (χ3n) is 4.50. The van der Waals surface area contributed by atoms with Crippen LogP contribution in [0.2, 0.25) is 0 Å². The number of non-ortho nitro benzene ring substituents is 1. The summed E-state index contributed by atoms with van der Waals surface area (Å²) < 4.78 is 11.0. The molecule has 0 unspecified atom stereocenters. The van der Waals surface area contributed by atoms with Crippen molar-refractivity contribution in [3.8, 4) is 11.5 Å². The van der Waals surface area contributed by atoms with Crippen molar-refractivity contribution in [1.29, 1.82) is 0 Å². The summed E-state index contributed by atoms with van der Waals surface area (Å²) in [7, 11) is 0. The number of amides is 1. The van der Waals surface area contributed by atoms with Gasteiger partial charge in [0, 0.05) is 30.4 Å². The Morgan fingerprint density at radius 3 is 2.54 bits per heavy atom. The van der Waals surface area contributed by atoms with Crippen LogP contribution >= 0.6 is 0 Å². The summed E-state index contributed by atoms with van der Waals surface area (Å²) in [4.78, 5) is 24.7. The second-order valence-electron chi connectivity index (χ2n) is 6.45. The van der Waals surface area contributed by atoms with Gasteiger partial charge in [0.2, 0.25) is 5.91 Å². The molecule has 0 fully saturated rings. The van der Waals surface area contributed by atoms with Crippen LogP contribution in [0.3, 0.4) is 0 Å². The van der Waals surface area contributed by atoms with Gasteiger partial charge in [-0.05, 0) is 30.7 Å². The lowest BCUT2D eigenvalue weighted by Crippen LogP contribution is -2.34. The van der Waals surface area contributed by atoms with Crippen LogP contribution in [0.4, 0.5) is 11.4 Å². The Hall–Kier alpha value is -3.13. The van der Waals surface area contributed by atoms with Gasteiger partial charge >= 0.3 is 0 Å². The molecule has 0 radical (unpaired) electrons. The van der Waals surface area contributed by atoms with Gasteiger partial charge in [0.15, 0.2) is 11.5 Å². The summed E-state index contributed by atoms with van der Waals surface area (Å²) >= 11 is 0.